The Hall–Kier alpha value is -1.77. The van der Waals surface area contributed by atoms with Gasteiger partial charge in [0.25, 0.3) is 0 Å². The maximum atomic E-state index is 11.5. The van der Waals surface area contributed by atoms with Gasteiger partial charge in [-0.05, 0) is 50.0 Å². The number of nitrogens with two attached hydrogens (primary N) is 1. The first-order valence-corrected chi connectivity index (χ1v) is 11.5. The van der Waals surface area contributed by atoms with Crippen molar-refractivity contribution in [1.82, 2.24) is 14.9 Å². The highest BCUT2D eigenvalue weighted by molar-refractivity contribution is 7.19. The van der Waals surface area contributed by atoms with Crippen molar-refractivity contribution in [2.24, 2.45) is 5.73 Å². The molecule has 5 rings (SSSR count). The number of hydrogen-bond acceptors (Lipinski definition) is 7. The second-order valence-corrected chi connectivity index (χ2v) is 9.48. The molecule has 2 aromatic heterocycles. The minimum atomic E-state index is -0.247. The van der Waals surface area contributed by atoms with E-state index in [0.29, 0.717) is 18.3 Å². The molecule has 0 radical (unpaired) electrons. The quantitative estimate of drug-likeness (QED) is 0.806. The number of nitrogens with zero attached hydrogens (tertiary/aromatic N) is 3. The molecule has 3 heterocycles. The first-order chi connectivity index (χ1) is 14.2. The van der Waals surface area contributed by atoms with Gasteiger partial charge in [0.1, 0.15) is 17.3 Å². The molecule has 3 aliphatic rings. The predicted octanol–water partition coefficient (Wildman–Crippen LogP) is 2.62. The zero-order chi connectivity index (χ0) is 19.8. The fourth-order valence-electron chi connectivity index (χ4n) is 5.21. The Morgan fingerprint density at radius 1 is 1.21 bits per heavy atom. The van der Waals surface area contributed by atoms with Gasteiger partial charge < -0.3 is 15.2 Å². The number of hydrogen-bond donors (Lipinski definition) is 1. The minimum absolute atomic E-state index is 0.168. The molecule has 8 heteroatoms. The second kappa shape index (κ2) is 8.16. The fourth-order valence-corrected chi connectivity index (χ4v) is 6.44. The fraction of sp³-hybridized carbons (Fsp3) is 0.667. The molecule has 0 spiro atoms. The third-order valence-corrected chi connectivity index (χ3v) is 7.80. The number of aryl methyl sites for hydroxylation is 1. The van der Waals surface area contributed by atoms with Gasteiger partial charge in [0, 0.05) is 30.4 Å². The molecular formula is C21H28N4O3S. The number of morpholine rings is 1. The molecule has 1 aliphatic heterocycles. The zero-order valence-electron chi connectivity index (χ0n) is 16.6. The molecule has 1 amide bonds. The summed E-state index contributed by atoms with van der Waals surface area (Å²) in [6.07, 6.45) is 8.54. The van der Waals surface area contributed by atoms with Crippen molar-refractivity contribution in [3.63, 3.8) is 0 Å². The van der Waals surface area contributed by atoms with E-state index in [4.69, 9.17) is 15.2 Å². The van der Waals surface area contributed by atoms with E-state index in [2.05, 4.69) is 14.9 Å². The van der Waals surface area contributed by atoms with Gasteiger partial charge in [-0.25, -0.2) is 9.97 Å². The molecule has 2 aliphatic carbocycles. The van der Waals surface area contributed by atoms with Crippen LogP contribution in [-0.2, 0) is 16.0 Å². The Kier molecular flexibility index (Phi) is 5.41. The number of thiophene rings is 1. The lowest BCUT2D eigenvalue weighted by Gasteiger charge is -2.38. The van der Waals surface area contributed by atoms with Gasteiger partial charge in [-0.3, -0.25) is 9.69 Å². The number of amides is 1. The molecule has 1 saturated carbocycles. The van der Waals surface area contributed by atoms with E-state index < -0.39 is 0 Å². The first-order valence-electron chi connectivity index (χ1n) is 10.7. The summed E-state index contributed by atoms with van der Waals surface area (Å²) in [7, 11) is 0. The van der Waals surface area contributed by atoms with E-state index in [9.17, 15) is 4.79 Å². The van der Waals surface area contributed by atoms with Gasteiger partial charge in [0.15, 0.2) is 0 Å². The van der Waals surface area contributed by atoms with Crippen LogP contribution in [0.3, 0.4) is 0 Å². The van der Waals surface area contributed by atoms with Crippen LogP contribution in [0.1, 0.15) is 54.9 Å². The van der Waals surface area contributed by atoms with Crippen LogP contribution < -0.4 is 10.5 Å². The molecule has 1 saturated heterocycles. The van der Waals surface area contributed by atoms with Gasteiger partial charge in [-0.15, -0.1) is 11.3 Å². The SMILES string of the molecule is NC(=O)C[C@@H]1CCc2sc3ncnc(O[C@H]4CC[C@H](N5CCOCC5)CC4)c3c21. The standard InChI is InChI=1S/C21H28N4O3S/c22-17(26)11-13-1-6-16-18(13)19-20(23-12-24-21(19)29-16)28-15-4-2-14(3-5-15)25-7-9-27-10-8-25/h12-15H,1-11H2,(H2,22,26)/t13-,14-,15-/m0/s1. The average molecular weight is 417 g/mol. The molecular weight excluding hydrogens is 388 g/mol. The van der Waals surface area contributed by atoms with Crippen LogP contribution in [0.4, 0.5) is 0 Å². The summed E-state index contributed by atoms with van der Waals surface area (Å²) in [5, 5.41) is 1.02. The Labute approximate surface area is 174 Å². The summed E-state index contributed by atoms with van der Waals surface area (Å²) in [5.41, 5.74) is 6.70. The summed E-state index contributed by atoms with van der Waals surface area (Å²) in [6, 6.07) is 0.648. The highest BCUT2D eigenvalue weighted by atomic mass is 32.1. The van der Waals surface area contributed by atoms with Crippen LogP contribution in [0.15, 0.2) is 6.33 Å². The van der Waals surface area contributed by atoms with E-state index in [1.54, 1.807) is 17.7 Å². The number of aromatic nitrogens is 2. The van der Waals surface area contributed by atoms with E-state index in [1.165, 1.54) is 10.4 Å². The Morgan fingerprint density at radius 3 is 2.76 bits per heavy atom. The van der Waals surface area contributed by atoms with Crippen LogP contribution in [0.25, 0.3) is 10.2 Å². The molecule has 29 heavy (non-hydrogen) atoms. The highest BCUT2D eigenvalue weighted by Gasteiger charge is 2.33. The van der Waals surface area contributed by atoms with Crippen LogP contribution in [-0.4, -0.2) is 59.2 Å². The summed E-state index contributed by atoms with van der Waals surface area (Å²) < 4.78 is 11.9. The molecule has 2 N–H and O–H groups in total. The number of rotatable bonds is 5. The Morgan fingerprint density at radius 2 is 2.00 bits per heavy atom. The molecule has 7 nitrogen and oxygen atoms in total. The van der Waals surface area contributed by atoms with Crippen molar-refractivity contribution in [3.05, 3.63) is 16.8 Å². The number of carbonyl (C=O) groups is 1. The number of ether oxygens (including phenoxy) is 2. The summed E-state index contributed by atoms with van der Waals surface area (Å²) in [6.45, 7) is 3.80. The average Bonchev–Trinajstić information content (AvgIpc) is 3.29. The summed E-state index contributed by atoms with van der Waals surface area (Å²) >= 11 is 1.71. The second-order valence-electron chi connectivity index (χ2n) is 8.40. The maximum absolute atomic E-state index is 11.5. The molecule has 1 atom stereocenters. The van der Waals surface area contributed by atoms with Crippen molar-refractivity contribution >= 4 is 27.5 Å². The maximum Gasteiger partial charge on any atom is 0.225 e. The van der Waals surface area contributed by atoms with Gasteiger partial charge in [0.2, 0.25) is 11.8 Å². The lowest BCUT2D eigenvalue weighted by molar-refractivity contribution is -0.118. The summed E-state index contributed by atoms with van der Waals surface area (Å²) in [4.78, 5) is 25.4. The van der Waals surface area contributed by atoms with Crippen molar-refractivity contribution in [1.29, 1.82) is 0 Å². The first kappa shape index (κ1) is 19.2. The number of carbonyl (C=O) groups excluding carboxylic acids is 1. The monoisotopic (exact) mass is 416 g/mol. The normalized spacial score (nSPS) is 27.8. The van der Waals surface area contributed by atoms with Gasteiger partial charge in [-0.1, -0.05) is 0 Å². The van der Waals surface area contributed by atoms with Gasteiger partial charge in [0.05, 0.1) is 18.6 Å². The van der Waals surface area contributed by atoms with Crippen LogP contribution in [0, 0.1) is 0 Å². The number of fused-ring (bicyclic) bond motifs is 3. The third-order valence-electron chi connectivity index (χ3n) is 6.63. The number of primary amides is 1. The van der Waals surface area contributed by atoms with Gasteiger partial charge >= 0.3 is 0 Å². The molecule has 0 aromatic carbocycles. The predicted molar refractivity (Wildman–Crippen MR) is 111 cm³/mol. The van der Waals surface area contributed by atoms with E-state index >= 15 is 0 Å². The topological polar surface area (TPSA) is 90.6 Å². The van der Waals surface area contributed by atoms with E-state index in [-0.39, 0.29) is 17.9 Å². The van der Waals surface area contributed by atoms with Crippen LogP contribution in [0.2, 0.25) is 0 Å². The van der Waals surface area contributed by atoms with Crippen molar-refractivity contribution in [2.75, 3.05) is 26.3 Å². The van der Waals surface area contributed by atoms with E-state index in [1.807, 2.05) is 0 Å². The summed E-state index contributed by atoms with van der Waals surface area (Å²) in [5.74, 6) is 0.614. The Balaban J connectivity index is 1.32. The molecule has 2 fully saturated rings. The van der Waals surface area contributed by atoms with Crippen LogP contribution >= 0.6 is 11.3 Å². The van der Waals surface area contributed by atoms with Crippen molar-refractivity contribution in [3.8, 4) is 5.88 Å². The van der Waals surface area contributed by atoms with Crippen molar-refractivity contribution in [2.45, 2.75) is 63.0 Å². The minimum Gasteiger partial charge on any atom is -0.474 e. The molecule has 0 bridgehead atoms. The lowest BCUT2D eigenvalue weighted by atomic mass is 9.91. The zero-order valence-corrected chi connectivity index (χ0v) is 17.5. The van der Waals surface area contributed by atoms with Crippen LogP contribution in [0.5, 0.6) is 5.88 Å². The molecule has 2 aromatic rings. The molecule has 156 valence electrons. The lowest BCUT2D eigenvalue weighted by Crippen LogP contribution is -2.46. The third kappa shape index (κ3) is 3.85. The largest absolute Gasteiger partial charge is 0.474 e. The Bertz CT molecular complexity index is 887. The van der Waals surface area contributed by atoms with E-state index in [0.717, 1.165) is 75.0 Å². The van der Waals surface area contributed by atoms with Gasteiger partial charge in [-0.2, -0.15) is 0 Å². The molecule has 0 unspecified atom stereocenters. The van der Waals surface area contributed by atoms with Crippen molar-refractivity contribution < 1.29 is 14.3 Å². The highest BCUT2D eigenvalue weighted by Crippen LogP contribution is 2.47. The smallest absolute Gasteiger partial charge is 0.225 e.